The average Bonchev–Trinajstić information content (AvgIpc) is 3.72. The van der Waals surface area contributed by atoms with Crippen LogP contribution in [-0.4, -0.2) is 80.5 Å². The van der Waals surface area contributed by atoms with Crippen LogP contribution < -0.4 is 27.0 Å². The summed E-state index contributed by atoms with van der Waals surface area (Å²) in [6, 6.07) is -2.08. The van der Waals surface area contributed by atoms with E-state index in [1.807, 2.05) is 48.5 Å². The summed E-state index contributed by atoms with van der Waals surface area (Å²) in [7, 11) is 0. The van der Waals surface area contributed by atoms with Crippen molar-refractivity contribution in [1.82, 2.24) is 26.2 Å². The summed E-state index contributed by atoms with van der Waals surface area (Å²) >= 11 is -0.711. The molecule has 3 rings (SSSR count). The summed E-state index contributed by atoms with van der Waals surface area (Å²) in [5.41, 5.74) is 4.59. The molecular weight excluding hydrogens is 693 g/mol. The monoisotopic (exact) mass is 752 g/mol. The van der Waals surface area contributed by atoms with E-state index in [0.29, 0.717) is 37.4 Å². The SMILES string of the molecule is CCCCC(NC(=O)[C@@H]1[C@@H](C(C)(C)C)CCN1C(=O)[C@@H](NC(=O)N[C@H](CNCc1sccc1S(=O)O)C(C)(C)C)C1CCCCC1)C(=O)C(N)=O. The molecular formula is C36H60N6O7S2. The molecule has 6 atom stereocenters. The van der Waals surface area contributed by atoms with Gasteiger partial charge in [0.2, 0.25) is 17.6 Å². The predicted molar refractivity (Wildman–Crippen MR) is 199 cm³/mol. The summed E-state index contributed by atoms with van der Waals surface area (Å²) in [4.78, 5) is 69.7. The largest absolute Gasteiger partial charge is 0.363 e. The summed E-state index contributed by atoms with van der Waals surface area (Å²) in [5, 5.41) is 14.0. The van der Waals surface area contributed by atoms with Gasteiger partial charge in [-0.15, -0.1) is 11.3 Å². The number of ketones is 1. The second-order valence-electron chi connectivity index (χ2n) is 16.2. The number of urea groups is 1. The number of thiophene rings is 1. The standard InChI is InChI=1S/C36H60N6O7S2/c1-8-9-15-24(30(43)31(37)44)39-32(45)29-23(35(2,3)4)16-18-42(29)33(46)28(22-13-11-10-12-14-22)41-34(47)40-27(36(5,6)7)21-38-20-25-26(51(48)49)17-19-50-25/h17,19,22-24,27-29,38H,8-16,18,20-21H2,1-7H3,(H2,37,44)(H,39,45)(H,48,49)(H2,40,41,47)/t23-,24?,27+,28-,29-/m0/s1. The summed E-state index contributed by atoms with van der Waals surface area (Å²) in [6.07, 6.45) is 6.60. The Kier molecular flexibility index (Phi) is 15.6. The van der Waals surface area contributed by atoms with Gasteiger partial charge in [0.05, 0.1) is 10.9 Å². The molecule has 0 bridgehead atoms. The van der Waals surface area contributed by atoms with Crippen molar-refractivity contribution in [3.05, 3.63) is 16.3 Å². The van der Waals surface area contributed by atoms with E-state index < -0.39 is 52.8 Å². The Balaban J connectivity index is 1.84. The molecule has 5 amide bonds. The zero-order chi connectivity index (χ0) is 38.1. The molecule has 13 nitrogen and oxygen atoms in total. The molecule has 2 fully saturated rings. The van der Waals surface area contributed by atoms with E-state index in [9.17, 15) is 32.7 Å². The summed E-state index contributed by atoms with van der Waals surface area (Å²) in [6.45, 7) is 15.0. The molecule has 1 aromatic rings. The maximum Gasteiger partial charge on any atom is 0.315 e. The quantitative estimate of drug-likeness (QED) is 0.107. The minimum Gasteiger partial charge on any atom is -0.363 e. The van der Waals surface area contributed by atoms with Crippen LogP contribution in [0.15, 0.2) is 16.3 Å². The Morgan fingerprint density at radius 3 is 2.25 bits per heavy atom. The molecule has 1 aliphatic heterocycles. The van der Waals surface area contributed by atoms with Gasteiger partial charge in [-0.2, -0.15) is 0 Å². The Morgan fingerprint density at radius 1 is 1.02 bits per heavy atom. The average molecular weight is 753 g/mol. The van der Waals surface area contributed by atoms with Gasteiger partial charge >= 0.3 is 6.03 Å². The third-order valence-corrected chi connectivity index (χ3v) is 12.1. The fourth-order valence-electron chi connectivity index (χ4n) is 7.26. The highest BCUT2D eigenvalue weighted by Crippen LogP contribution is 2.40. The number of hydrogen-bond donors (Lipinski definition) is 6. The number of carbonyl (C=O) groups is 5. The van der Waals surface area contributed by atoms with Gasteiger partial charge in [-0.1, -0.05) is 80.6 Å². The number of nitrogens with one attached hydrogen (secondary N) is 4. The molecule has 288 valence electrons. The Bertz CT molecular complexity index is 1400. The Hall–Kier alpha value is -2.88. The topological polar surface area (TPSA) is 200 Å². The van der Waals surface area contributed by atoms with Crippen molar-refractivity contribution in [1.29, 1.82) is 0 Å². The van der Waals surface area contributed by atoms with E-state index in [-0.39, 0.29) is 41.0 Å². The first-order chi connectivity index (χ1) is 23.9. The molecule has 15 heteroatoms. The van der Waals surface area contributed by atoms with Crippen molar-refractivity contribution < 1.29 is 32.7 Å². The third-order valence-electron chi connectivity index (χ3n) is 10.3. The number of hydrogen-bond acceptors (Lipinski definition) is 8. The van der Waals surface area contributed by atoms with Crippen molar-refractivity contribution in [3.63, 3.8) is 0 Å². The van der Waals surface area contributed by atoms with Gasteiger partial charge in [0.25, 0.3) is 5.91 Å². The number of rotatable bonds is 16. The van der Waals surface area contributed by atoms with Gasteiger partial charge in [0.1, 0.15) is 12.1 Å². The highest BCUT2D eigenvalue weighted by atomic mass is 32.2. The maximum absolute atomic E-state index is 14.6. The molecule has 2 aliphatic rings. The van der Waals surface area contributed by atoms with Crippen LogP contribution in [0.5, 0.6) is 0 Å². The van der Waals surface area contributed by atoms with Crippen molar-refractivity contribution in [2.45, 2.75) is 142 Å². The Morgan fingerprint density at radius 2 is 1.69 bits per heavy atom. The van der Waals surface area contributed by atoms with Crippen LogP contribution in [0.2, 0.25) is 0 Å². The molecule has 1 aliphatic carbocycles. The number of likely N-dealkylation sites (tertiary alicyclic amines) is 1. The smallest absolute Gasteiger partial charge is 0.315 e. The molecule has 0 aromatic carbocycles. The Labute approximate surface area is 309 Å². The van der Waals surface area contributed by atoms with Crippen LogP contribution in [0, 0.1) is 22.7 Å². The second kappa shape index (κ2) is 18.7. The van der Waals surface area contributed by atoms with Gasteiger partial charge in [-0.25, -0.2) is 9.00 Å². The van der Waals surface area contributed by atoms with Crippen molar-refractivity contribution in [2.75, 3.05) is 13.1 Å². The molecule has 51 heavy (non-hydrogen) atoms. The van der Waals surface area contributed by atoms with E-state index in [0.717, 1.165) is 43.4 Å². The number of primary amides is 1. The number of Topliss-reactive ketones (excluding diaryl/α,β-unsaturated/α-hetero) is 1. The fourth-order valence-corrected chi connectivity index (χ4v) is 8.90. The minimum atomic E-state index is -2.09. The van der Waals surface area contributed by atoms with Gasteiger partial charge < -0.3 is 36.5 Å². The first-order valence-corrected chi connectivity index (χ1v) is 20.2. The lowest BCUT2D eigenvalue weighted by molar-refractivity contribution is -0.144. The van der Waals surface area contributed by atoms with E-state index in [4.69, 9.17) is 5.73 Å². The second-order valence-corrected chi connectivity index (χ2v) is 18.1. The number of amides is 5. The van der Waals surface area contributed by atoms with Crippen molar-refractivity contribution in [2.24, 2.45) is 28.4 Å². The zero-order valence-corrected chi connectivity index (χ0v) is 33.0. The molecule has 1 saturated carbocycles. The highest BCUT2D eigenvalue weighted by Gasteiger charge is 2.49. The first kappa shape index (κ1) is 42.5. The van der Waals surface area contributed by atoms with Gasteiger partial charge in [0, 0.05) is 30.6 Å². The molecule has 0 radical (unpaired) electrons. The lowest BCUT2D eigenvalue weighted by Gasteiger charge is -2.38. The van der Waals surface area contributed by atoms with Crippen LogP contribution in [0.3, 0.4) is 0 Å². The molecule has 2 heterocycles. The molecule has 0 spiro atoms. The van der Waals surface area contributed by atoms with E-state index in [1.54, 1.807) is 16.3 Å². The first-order valence-electron chi connectivity index (χ1n) is 18.3. The van der Waals surface area contributed by atoms with Crippen LogP contribution >= 0.6 is 11.3 Å². The normalized spacial score (nSPS) is 21.0. The maximum atomic E-state index is 14.6. The number of carbonyl (C=O) groups excluding carboxylic acids is 5. The molecule has 1 saturated heterocycles. The molecule has 2 unspecified atom stereocenters. The van der Waals surface area contributed by atoms with E-state index in [2.05, 4.69) is 21.3 Å². The predicted octanol–water partition coefficient (Wildman–Crippen LogP) is 4.07. The fraction of sp³-hybridized carbons (Fsp3) is 0.750. The lowest BCUT2D eigenvalue weighted by Crippen LogP contribution is -2.61. The summed E-state index contributed by atoms with van der Waals surface area (Å²) < 4.78 is 21.2. The van der Waals surface area contributed by atoms with Gasteiger partial charge in [-0.05, 0) is 59.8 Å². The van der Waals surface area contributed by atoms with Crippen LogP contribution in [0.1, 0.15) is 111 Å². The summed E-state index contributed by atoms with van der Waals surface area (Å²) in [5.74, 6) is -3.16. The van der Waals surface area contributed by atoms with E-state index in [1.165, 1.54) is 11.3 Å². The number of nitrogens with zero attached hydrogens (tertiary/aromatic N) is 1. The third kappa shape index (κ3) is 11.8. The van der Waals surface area contributed by atoms with Crippen LogP contribution in [-0.2, 0) is 36.8 Å². The molecule has 7 N–H and O–H groups in total. The minimum absolute atomic E-state index is 0.119. The number of nitrogens with two attached hydrogens (primary N) is 1. The van der Waals surface area contributed by atoms with Crippen molar-refractivity contribution >= 4 is 52.0 Å². The van der Waals surface area contributed by atoms with Gasteiger partial charge in [0.15, 0.2) is 11.1 Å². The van der Waals surface area contributed by atoms with Crippen molar-refractivity contribution in [3.8, 4) is 0 Å². The van der Waals surface area contributed by atoms with Crippen LogP contribution in [0.4, 0.5) is 4.79 Å². The number of unbranched alkanes of at least 4 members (excludes halogenated alkanes) is 1. The molecule has 1 aromatic heterocycles. The lowest BCUT2D eigenvalue weighted by atomic mass is 9.75. The van der Waals surface area contributed by atoms with Gasteiger partial charge in [-0.3, -0.25) is 19.2 Å². The van der Waals surface area contributed by atoms with E-state index >= 15 is 0 Å². The zero-order valence-electron chi connectivity index (χ0n) is 31.3. The highest BCUT2D eigenvalue weighted by molar-refractivity contribution is 7.79. The van der Waals surface area contributed by atoms with Crippen LogP contribution in [0.25, 0.3) is 0 Å².